The first-order valence-corrected chi connectivity index (χ1v) is 7.41. The van der Waals surface area contributed by atoms with Gasteiger partial charge in [0.2, 0.25) is 10.0 Å². The molecular weight excluding hydrogens is 280 g/mol. The number of hydrogen-bond donors (Lipinski definition) is 1. The molecule has 0 saturated carbocycles. The van der Waals surface area contributed by atoms with E-state index in [4.69, 9.17) is 10.4 Å². The average molecular weight is 296 g/mol. The van der Waals surface area contributed by atoms with Crippen molar-refractivity contribution in [2.75, 3.05) is 7.05 Å². The van der Waals surface area contributed by atoms with Crippen LogP contribution in [-0.4, -0.2) is 36.9 Å². The molecule has 1 unspecified atom stereocenters. The van der Waals surface area contributed by atoms with E-state index in [-0.39, 0.29) is 11.3 Å². The molecule has 0 aliphatic rings. The normalized spacial score (nSPS) is 12.9. The Kier molecular flexibility index (Phi) is 4.87. The molecule has 0 fully saturated rings. The zero-order valence-corrected chi connectivity index (χ0v) is 12.3. The fourth-order valence-electron chi connectivity index (χ4n) is 1.92. The van der Waals surface area contributed by atoms with Crippen LogP contribution < -0.4 is 0 Å². The quantitative estimate of drug-likeness (QED) is 0.884. The van der Waals surface area contributed by atoms with Crippen molar-refractivity contribution in [1.29, 1.82) is 5.26 Å². The highest BCUT2D eigenvalue weighted by Gasteiger charge is 2.32. The third kappa shape index (κ3) is 2.98. The van der Waals surface area contributed by atoms with Crippen LogP contribution in [0.2, 0.25) is 0 Å². The van der Waals surface area contributed by atoms with Gasteiger partial charge in [-0.2, -0.15) is 9.57 Å². The van der Waals surface area contributed by atoms with Gasteiger partial charge in [0, 0.05) is 7.05 Å². The van der Waals surface area contributed by atoms with E-state index in [1.807, 2.05) is 6.07 Å². The molecule has 0 saturated heterocycles. The molecule has 7 heteroatoms. The molecule has 20 heavy (non-hydrogen) atoms. The third-order valence-corrected chi connectivity index (χ3v) is 5.10. The van der Waals surface area contributed by atoms with Gasteiger partial charge in [0.05, 0.1) is 16.5 Å². The third-order valence-electron chi connectivity index (χ3n) is 3.07. The number of rotatable bonds is 5. The van der Waals surface area contributed by atoms with Crippen molar-refractivity contribution in [2.45, 2.75) is 31.2 Å². The molecule has 1 rings (SSSR count). The SMILES string of the molecule is CCC(C(=O)O)N(C)S(=O)(=O)c1ccc(C#N)cc1C. The summed E-state index contributed by atoms with van der Waals surface area (Å²) in [6.45, 7) is 3.18. The number of carboxylic acid groups (broad SMARTS) is 1. The molecule has 0 heterocycles. The van der Waals surface area contributed by atoms with E-state index in [9.17, 15) is 13.2 Å². The fraction of sp³-hybridized carbons (Fsp3) is 0.385. The van der Waals surface area contributed by atoms with Gasteiger partial charge in [-0.1, -0.05) is 6.92 Å². The number of hydrogen-bond acceptors (Lipinski definition) is 4. The van der Waals surface area contributed by atoms with Gasteiger partial charge in [0.15, 0.2) is 0 Å². The molecular formula is C13H16N2O4S. The van der Waals surface area contributed by atoms with Gasteiger partial charge in [0.25, 0.3) is 0 Å². The topological polar surface area (TPSA) is 98.5 Å². The van der Waals surface area contributed by atoms with Gasteiger partial charge in [0.1, 0.15) is 6.04 Å². The standard InChI is InChI=1S/C13H16N2O4S/c1-4-11(13(16)17)15(3)20(18,19)12-6-5-10(8-14)7-9(12)2/h5-7,11H,4H2,1-3H3,(H,16,17). The van der Waals surface area contributed by atoms with Gasteiger partial charge >= 0.3 is 5.97 Å². The van der Waals surface area contributed by atoms with E-state index in [0.29, 0.717) is 11.1 Å². The molecule has 1 atom stereocenters. The lowest BCUT2D eigenvalue weighted by molar-refractivity contribution is -0.141. The molecule has 0 amide bonds. The number of likely N-dealkylation sites (N-methyl/N-ethyl adjacent to an activating group) is 1. The number of aryl methyl sites for hydroxylation is 1. The van der Waals surface area contributed by atoms with E-state index in [1.165, 1.54) is 25.2 Å². The van der Waals surface area contributed by atoms with Gasteiger partial charge in [-0.3, -0.25) is 4.79 Å². The van der Waals surface area contributed by atoms with Crippen LogP contribution in [0.25, 0.3) is 0 Å². The highest BCUT2D eigenvalue weighted by Crippen LogP contribution is 2.22. The highest BCUT2D eigenvalue weighted by molar-refractivity contribution is 7.89. The molecule has 0 bridgehead atoms. The molecule has 6 nitrogen and oxygen atoms in total. The Bertz CT molecular complexity index is 661. The predicted octanol–water partition coefficient (Wildman–Crippen LogP) is 1.35. The summed E-state index contributed by atoms with van der Waals surface area (Å²) in [6, 6.07) is 5.00. The molecule has 1 N–H and O–H groups in total. The number of carboxylic acids is 1. The second-order valence-electron chi connectivity index (χ2n) is 4.38. The van der Waals surface area contributed by atoms with Crippen molar-refractivity contribution in [3.05, 3.63) is 29.3 Å². The zero-order chi connectivity index (χ0) is 15.5. The summed E-state index contributed by atoms with van der Waals surface area (Å²) >= 11 is 0. The molecule has 0 spiro atoms. The van der Waals surface area contributed by atoms with Crippen molar-refractivity contribution >= 4 is 16.0 Å². The Morgan fingerprint density at radius 3 is 2.50 bits per heavy atom. The second kappa shape index (κ2) is 6.03. The summed E-state index contributed by atoms with van der Waals surface area (Å²) in [5, 5.41) is 17.8. The van der Waals surface area contributed by atoms with Crippen molar-refractivity contribution in [3.63, 3.8) is 0 Å². The minimum Gasteiger partial charge on any atom is -0.480 e. The number of benzene rings is 1. The molecule has 1 aromatic carbocycles. The van der Waals surface area contributed by atoms with Crippen LogP contribution in [0.4, 0.5) is 0 Å². The number of nitriles is 1. The van der Waals surface area contributed by atoms with E-state index >= 15 is 0 Å². The fourth-order valence-corrected chi connectivity index (χ4v) is 3.51. The van der Waals surface area contributed by atoms with Crippen LogP contribution in [0.1, 0.15) is 24.5 Å². The summed E-state index contributed by atoms with van der Waals surface area (Å²) < 4.78 is 25.7. The number of carbonyl (C=O) groups is 1. The Balaban J connectivity index is 3.30. The van der Waals surface area contributed by atoms with Gasteiger partial charge in [-0.05, 0) is 37.1 Å². The number of nitrogens with zero attached hydrogens (tertiary/aromatic N) is 2. The molecule has 0 radical (unpaired) electrons. The van der Waals surface area contributed by atoms with E-state index in [0.717, 1.165) is 4.31 Å². The largest absolute Gasteiger partial charge is 0.480 e. The zero-order valence-electron chi connectivity index (χ0n) is 11.5. The van der Waals surface area contributed by atoms with Crippen LogP contribution in [-0.2, 0) is 14.8 Å². The Morgan fingerprint density at radius 2 is 2.10 bits per heavy atom. The molecule has 0 aromatic heterocycles. The van der Waals surface area contributed by atoms with Crippen LogP contribution >= 0.6 is 0 Å². The van der Waals surface area contributed by atoms with E-state index in [1.54, 1.807) is 13.8 Å². The Morgan fingerprint density at radius 1 is 1.50 bits per heavy atom. The summed E-state index contributed by atoms with van der Waals surface area (Å²) in [5.41, 5.74) is 0.769. The van der Waals surface area contributed by atoms with Gasteiger partial charge in [-0.25, -0.2) is 8.42 Å². The number of aliphatic carboxylic acids is 1. The lowest BCUT2D eigenvalue weighted by Gasteiger charge is -2.24. The maximum atomic E-state index is 12.4. The van der Waals surface area contributed by atoms with Crippen LogP contribution in [0, 0.1) is 18.3 Å². The smallest absolute Gasteiger partial charge is 0.321 e. The van der Waals surface area contributed by atoms with Crippen LogP contribution in [0.5, 0.6) is 0 Å². The Hall–Kier alpha value is -1.91. The summed E-state index contributed by atoms with van der Waals surface area (Å²) in [7, 11) is -2.66. The molecule has 0 aliphatic carbocycles. The summed E-state index contributed by atoms with van der Waals surface area (Å²) in [5.74, 6) is -1.19. The monoisotopic (exact) mass is 296 g/mol. The van der Waals surface area contributed by atoms with E-state index < -0.39 is 22.0 Å². The van der Waals surface area contributed by atoms with Crippen molar-refractivity contribution < 1.29 is 18.3 Å². The molecule has 108 valence electrons. The summed E-state index contributed by atoms with van der Waals surface area (Å²) in [4.78, 5) is 11.1. The minimum atomic E-state index is -3.91. The molecule has 1 aromatic rings. The van der Waals surface area contributed by atoms with Crippen molar-refractivity contribution in [3.8, 4) is 6.07 Å². The van der Waals surface area contributed by atoms with Crippen LogP contribution in [0.3, 0.4) is 0 Å². The molecule has 0 aliphatic heterocycles. The average Bonchev–Trinajstić information content (AvgIpc) is 2.38. The van der Waals surface area contributed by atoms with Gasteiger partial charge < -0.3 is 5.11 Å². The lowest BCUT2D eigenvalue weighted by Crippen LogP contribution is -2.42. The lowest BCUT2D eigenvalue weighted by atomic mass is 10.2. The second-order valence-corrected chi connectivity index (χ2v) is 6.34. The maximum absolute atomic E-state index is 12.4. The first-order chi connectivity index (χ1) is 9.25. The first-order valence-electron chi connectivity index (χ1n) is 5.97. The minimum absolute atomic E-state index is 0.0127. The summed E-state index contributed by atoms with van der Waals surface area (Å²) in [6.07, 6.45) is 0.167. The maximum Gasteiger partial charge on any atom is 0.321 e. The Labute approximate surface area is 118 Å². The van der Waals surface area contributed by atoms with E-state index in [2.05, 4.69) is 0 Å². The van der Waals surface area contributed by atoms with Gasteiger partial charge in [-0.15, -0.1) is 0 Å². The first kappa shape index (κ1) is 16.1. The highest BCUT2D eigenvalue weighted by atomic mass is 32.2. The van der Waals surface area contributed by atoms with Crippen molar-refractivity contribution in [1.82, 2.24) is 4.31 Å². The van der Waals surface area contributed by atoms with Crippen LogP contribution in [0.15, 0.2) is 23.1 Å². The predicted molar refractivity (Wildman–Crippen MR) is 72.6 cm³/mol. The number of sulfonamides is 1. The van der Waals surface area contributed by atoms with Crippen molar-refractivity contribution in [2.24, 2.45) is 0 Å².